The lowest BCUT2D eigenvalue weighted by Gasteiger charge is -2.34. The number of carbonyl (C=O) groups excluding carboxylic acids is 3. The average molecular weight is 274 g/mol. The van der Waals surface area contributed by atoms with Crippen molar-refractivity contribution in [3.63, 3.8) is 0 Å². The van der Waals surface area contributed by atoms with E-state index in [-0.39, 0.29) is 6.54 Å². The van der Waals surface area contributed by atoms with Crippen LogP contribution in [0.15, 0.2) is 24.3 Å². The van der Waals surface area contributed by atoms with E-state index in [0.29, 0.717) is 6.42 Å². The maximum absolute atomic E-state index is 12.2. The van der Waals surface area contributed by atoms with Crippen LogP contribution < -0.4 is 5.32 Å². The summed E-state index contributed by atoms with van der Waals surface area (Å²) in [5, 5.41) is 2.23. The van der Waals surface area contributed by atoms with Crippen molar-refractivity contribution in [1.82, 2.24) is 10.2 Å². The van der Waals surface area contributed by atoms with Crippen molar-refractivity contribution in [1.29, 1.82) is 0 Å². The second-order valence-corrected chi connectivity index (χ2v) is 5.52. The van der Waals surface area contributed by atoms with Gasteiger partial charge in [0.05, 0.1) is 0 Å². The van der Waals surface area contributed by atoms with E-state index in [9.17, 15) is 14.4 Å². The summed E-state index contributed by atoms with van der Waals surface area (Å²) in [6, 6.07) is 7.19. The molecule has 0 aliphatic carbocycles. The second kappa shape index (κ2) is 5.07. The first-order chi connectivity index (χ1) is 9.34. The minimum Gasteiger partial charge on any atom is -0.277 e. The Morgan fingerprint density at radius 3 is 2.45 bits per heavy atom. The minimum atomic E-state index is -1.19. The highest BCUT2D eigenvalue weighted by molar-refractivity contribution is 6.18. The number of imide groups is 2. The van der Waals surface area contributed by atoms with E-state index in [4.69, 9.17) is 0 Å². The van der Waals surface area contributed by atoms with Gasteiger partial charge in [-0.05, 0) is 38.3 Å². The third-order valence-electron chi connectivity index (χ3n) is 3.68. The summed E-state index contributed by atoms with van der Waals surface area (Å²) in [5.74, 6) is -0.987. The molecule has 5 heteroatoms. The first-order valence-corrected chi connectivity index (χ1v) is 6.56. The molecule has 5 nitrogen and oxygen atoms in total. The molecule has 1 aromatic carbocycles. The molecule has 0 saturated carbocycles. The van der Waals surface area contributed by atoms with Gasteiger partial charge in [0.2, 0.25) is 11.8 Å². The van der Waals surface area contributed by atoms with E-state index in [0.717, 1.165) is 16.0 Å². The van der Waals surface area contributed by atoms with Crippen molar-refractivity contribution in [2.24, 2.45) is 5.41 Å². The van der Waals surface area contributed by atoms with Gasteiger partial charge in [-0.25, -0.2) is 4.79 Å². The molecule has 0 bridgehead atoms. The topological polar surface area (TPSA) is 66.5 Å². The molecule has 1 aliphatic rings. The van der Waals surface area contributed by atoms with Crippen LogP contribution in [0, 0.1) is 12.3 Å². The summed E-state index contributed by atoms with van der Waals surface area (Å²) in [6.07, 6.45) is 0.579. The highest BCUT2D eigenvalue weighted by Crippen LogP contribution is 2.23. The molecule has 106 valence electrons. The van der Waals surface area contributed by atoms with Gasteiger partial charge in [0, 0.05) is 6.54 Å². The number of hydrogen-bond acceptors (Lipinski definition) is 3. The Bertz CT molecular complexity index is 578. The van der Waals surface area contributed by atoms with Crippen molar-refractivity contribution in [3.8, 4) is 0 Å². The van der Waals surface area contributed by atoms with Crippen LogP contribution in [-0.2, 0) is 16.0 Å². The fourth-order valence-corrected chi connectivity index (χ4v) is 2.17. The van der Waals surface area contributed by atoms with Crippen LogP contribution in [0.2, 0.25) is 0 Å². The first-order valence-electron chi connectivity index (χ1n) is 6.56. The van der Waals surface area contributed by atoms with Gasteiger partial charge in [0.25, 0.3) is 0 Å². The lowest BCUT2D eigenvalue weighted by atomic mass is 9.88. The van der Waals surface area contributed by atoms with Crippen LogP contribution in [0.5, 0.6) is 0 Å². The van der Waals surface area contributed by atoms with E-state index in [2.05, 4.69) is 5.32 Å². The zero-order valence-corrected chi connectivity index (χ0v) is 11.9. The SMILES string of the molecule is Cc1ccccc1CCN1C(=O)NC(=O)C(C)(C)C1=O. The minimum absolute atomic E-state index is 0.270. The third-order valence-corrected chi connectivity index (χ3v) is 3.68. The quantitative estimate of drug-likeness (QED) is 0.852. The van der Waals surface area contributed by atoms with Gasteiger partial charge in [-0.2, -0.15) is 0 Å². The van der Waals surface area contributed by atoms with E-state index >= 15 is 0 Å². The fraction of sp³-hybridized carbons (Fsp3) is 0.400. The van der Waals surface area contributed by atoms with E-state index in [1.165, 1.54) is 13.8 Å². The number of amides is 4. The van der Waals surface area contributed by atoms with Crippen molar-refractivity contribution in [2.45, 2.75) is 27.2 Å². The highest BCUT2D eigenvalue weighted by atomic mass is 16.2. The average Bonchev–Trinajstić information content (AvgIpc) is 2.39. The highest BCUT2D eigenvalue weighted by Gasteiger charge is 2.46. The van der Waals surface area contributed by atoms with Gasteiger partial charge in [0.15, 0.2) is 0 Å². The number of urea groups is 1. The van der Waals surface area contributed by atoms with Crippen LogP contribution >= 0.6 is 0 Å². The Labute approximate surface area is 118 Å². The Hall–Kier alpha value is -2.17. The number of benzene rings is 1. The molecule has 1 aliphatic heterocycles. The summed E-state index contributed by atoms with van der Waals surface area (Å²) < 4.78 is 0. The van der Waals surface area contributed by atoms with E-state index < -0.39 is 23.3 Å². The number of hydrogen-bond donors (Lipinski definition) is 1. The Morgan fingerprint density at radius 2 is 1.80 bits per heavy atom. The zero-order chi connectivity index (χ0) is 14.9. The van der Waals surface area contributed by atoms with Gasteiger partial charge in [-0.15, -0.1) is 0 Å². The molecule has 1 fully saturated rings. The Kier molecular flexibility index (Phi) is 3.61. The maximum Gasteiger partial charge on any atom is 0.330 e. The largest absolute Gasteiger partial charge is 0.330 e. The van der Waals surface area contributed by atoms with Gasteiger partial charge < -0.3 is 0 Å². The number of rotatable bonds is 3. The predicted molar refractivity (Wildman–Crippen MR) is 73.9 cm³/mol. The number of nitrogens with zero attached hydrogens (tertiary/aromatic N) is 1. The number of nitrogens with one attached hydrogen (secondary N) is 1. The molecule has 20 heavy (non-hydrogen) atoms. The summed E-state index contributed by atoms with van der Waals surface area (Å²) in [6.45, 7) is 5.31. The Balaban J connectivity index is 2.13. The molecular weight excluding hydrogens is 256 g/mol. The summed E-state index contributed by atoms with van der Waals surface area (Å²) in [4.78, 5) is 36.8. The first kappa shape index (κ1) is 14.2. The van der Waals surface area contributed by atoms with Gasteiger partial charge in [0.1, 0.15) is 5.41 Å². The summed E-state index contributed by atoms with van der Waals surface area (Å²) in [5.41, 5.74) is 1.01. The van der Waals surface area contributed by atoms with Gasteiger partial charge in [-0.3, -0.25) is 19.8 Å². The molecule has 1 aromatic rings. The van der Waals surface area contributed by atoms with Crippen LogP contribution in [0.25, 0.3) is 0 Å². The van der Waals surface area contributed by atoms with Gasteiger partial charge >= 0.3 is 6.03 Å². The predicted octanol–water partition coefficient (Wildman–Crippen LogP) is 1.64. The molecular formula is C15H18N2O3. The van der Waals surface area contributed by atoms with Crippen LogP contribution in [0.4, 0.5) is 4.79 Å². The summed E-state index contributed by atoms with van der Waals surface area (Å²) in [7, 11) is 0. The molecule has 1 heterocycles. The number of aryl methyl sites for hydroxylation is 1. The maximum atomic E-state index is 12.2. The third kappa shape index (κ3) is 2.43. The molecule has 0 radical (unpaired) electrons. The normalized spacial score (nSPS) is 18.1. The van der Waals surface area contributed by atoms with Gasteiger partial charge in [-0.1, -0.05) is 24.3 Å². The fourth-order valence-electron chi connectivity index (χ4n) is 2.17. The lowest BCUT2D eigenvalue weighted by molar-refractivity contribution is -0.148. The summed E-state index contributed by atoms with van der Waals surface area (Å²) >= 11 is 0. The van der Waals surface area contributed by atoms with Crippen molar-refractivity contribution < 1.29 is 14.4 Å². The van der Waals surface area contributed by atoms with E-state index in [1.807, 2.05) is 31.2 Å². The number of barbiturate groups is 1. The molecule has 0 aromatic heterocycles. The zero-order valence-electron chi connectivity index (χ0n) is 11.9. The van der Waals surface area contributed by atoms with Crippen molar-refractivity contribution in [3.05, 3.63) is 35.4 Å². The number of carbonyl (C=O) groups is 3. The van der Waals surface area contributed by atoms with Crippen molar-refractivity contribution in [2.75, 3.05) is 6.54 Å². The standard InChI is InChI=1S/C15H18N2O3/c1-10-6-4-5-7-11(10)8-9-17-13(19)15(2,3)12(18)16-14(17)20/h4-7H,8-9H2,1-3H3,(H,16,18,20). The second-order valence-electron chi connectivity index (χ2n) is 5.52. The molecule has 1 saturated heterocycles. The van der Waals surface area contributed by atoms with E-state index in [1.54, 1.807) is 0 Å². The monoisotopic (exact) mass is 274 g/mol. The molecule has 0 unspecified atom stereocenters. The Morgan fingerprint density at radius 1 is 1.15 bits per heavy atom. The lowest BCUT2D eigenvalue weighted by Crippen LogP contribution is -2.62. The smallest absolute Gasteiger partial charge is 0.277 e. The molecule has 2 rings (SSSR count). The van der Waals surface area contributed by atoms with Crippen LogP contribution in [-0.4, -0.2) is 29.3 Å². The van der Waals surface area contributed by atoms with Crippen LogP contribution in [0.3, 0.4) is 0 Å². The molecule has 0 atom stereocenters. The molecule has 4 amide bonds. The van der Waals surface area contributed by atoms with Crippen molar-refractivity contribution >= 4 is 17.8 Å². The molecule has 1 N–H and O–H groups in total. The van der Waals surface area contributed by atoms with Crippen LogP contribution in [0.1, 0.15) is 25.0 Å². The molecule has 0 spiro atoms.